The van der Waals surface area contributed by atoms with Crippen LogP contribution in [0.25, 0.3) is 0 Å². The summed E-state index contributed by atoms with van der Waals surface area (Å²) in [6.45, 7) is 4.92. The smallest absolute Gasteiger partial charge is 0.282 e. The molecule has 2 N–H and O–H groups in total. The second kappa shape index (κ2) is 9.97. The number of rotatable bonds is 9. The minimum atomic E-state index is -0.143. The van der Waals surface area contributed by atoms with Crippen molar-refractivity contribution in [1.82, 2.24) is 0 Å². The molecule has 0 aliphatic heterocycles. The largest absolute Gasteiger partial charge is 0.493 e. The van der Waals surface area contributed by atoms with Crippen LogP contribution in [0.4, 0.5) is 5.69 Å². The third kappa shape index (κ3) is 5.73. The Hall–Kier alpha value is -2.53. The fourth-order valence-electron chi connectivity index (χ4n) is 2.89. The first-order valence-electron chi connectivity index (χ1n) is 9.41. The highest BCUT2D eigenvalue weighted by atomic mass is 16.5. The molecule has 0 heterocycles. The second-order valence-corrected chi connectivity index (χ2v) is 6.80. The molecule has 5 heteroatoms. The van der Waals surface area contributed by atoms with E-state index in [1.54, 1.807) is 14.2 Å². The van der Waals surface area contributed by atoms with Gasteiger partial charge in [0.25, 0.3) is 5.91 Å². The maximum absolute atomic E-state index is 12.5. The Morgan fingerprint density at radius 2 is 1.67 bits per heavy atom. The van der Waals surface area contributed by atoms with Crippen molar-refractivity contribution in [2.24, 2.45) is 0 Å². The molecule has 2 atom stereocenters. The molecule has 27 heavy (non-hydrogen) atoms. The molecule has 0 bridgehead atoms. The number of likely N-dealkylation sites (N-methyl/N-ethyl adjacent to an activating group) is 1. The number of benzene rings is 2. The van der Waals surface area contributed by atoms with E-state index in [1.807, 2.05) is 56.4 Å². The predicted octanol–water partition coefficient (Wildman–Crippen LogP) is 2.35. The van der Waals surface area contributed by atoms with Crippen LogP contribution in [-0.4, -0.2) is 39.8 Å². The molecule has 0 aliphatic carbocycles. The van der Waals surface area contributed by atoms with E-state index >= 15 is 0 Å². The molecule has 5 nitrogen and oxygen atoms in total. The van der Waals surface area contributed by atoms with Crippen molar-refractivity contribution in [3.05, 3.63) is 53.6 Å². The number of carbonyl (C=O) groups is 1. The van der Waals surface area contributed by atoms with Crippen LogP contribution in [0.1, 0.15) is 25.0 Å². The van der Waals surface area contributed by atoms with Crippen molar-refractivity contribution in [1.29, 1.82) is 0 Å². The summed E-state index contributed by atoms with van der Waals surface area (Å²) in [4.78, 5) is 13.7. The molecule has 2 aromatic rings. The minimum Gasteiger partial charge on any atom is -0.493 e. The van der Waals surface area contributed by atoms with Crippen LogP contribution in [0.15, 0.2) is 42.5 Å². The molecular formula is C22H31N2O3+. The molecule has 0 aromatic heterocycles. The van der Waals surface area contributed by atoms with Crippen LogP contribution in [0.3, 0.4) is 0 Å². The van der Waals surface area contributed by atoms with Gasteiger partial charge in [-0.3, -0.25) is 4.79 Å². The molecule has 0 aliphatic rings. The van der Waals surface area contributed by atoms with E-state index in [0.717, 1.165) is 47.0 Å². The van der Waals surface area contributed by atoms with Crippen molar-refractivity contribution in [3.63, 3.8) is 0 Å². The number of amides is 1. The Labute approximate surface area is 162 Å². The summed E-state index contributed by atoms with van der Waals surface area (Å²) in [5, 5.41) is 3.01. The summed E-state index contributed by atoms with van der Waals surface area (Å²) in [5.41, 5.74) is 3.27. The van der Waals surface area contributed by atoms with Gasteiger partial charge in [-0.1, -0.05) is 25.1 Å². The van der Waals surface area contributed by atoms with Gasteiger partial charge in [-0.05, 0) is 48.7 Å². The normalized spacial score (nSPS) is 12.9. The summed E-state index contributed by atoms with van der Waals surface area (Å²) in [6, 6.07) is 13.8. The van der Waals surface area contributed by atoms with Crippen molar-refractivity contribution in [2.45, 2.75) is 32.7 Å². The summed E-state index contributed by atoms with van der Waals surface area (Å²) in [7, 11) is 5.31. The van der Waals surface area contributed by atoms with Gasteiger partial charge in [0, 0.05) is 12.1 Å². The van der Waals surface area contributed by atoms with E-state index in [9.17, 15) is 4.79 Å². The summed E-state index contributed by atoms with van der Waals surface area (Å²) >= 11 is 0. The minimum absolute atomic E-state index is 0.0315. The number of methoxy groups -OCH3 is 2. The van der Waals surface area contributed by atoms with Crippen LogP contribution in [0.2, 0.25) is 0 Å². The molecule has 146 valence electrons. The van der Waals surface area contributed by atoms with Crippen molar-refractivity contribution < 1.29 is 19.2 Å². The Bertz CT molecular complexity index is 744. The van der Waals surface area contributed by atoms with Gasteiger partial charge in [-0.2, -0.15) is 0 Å². The summed E-state index contributed by atoms with van der Waals surface area (Å²) in [6.07, 6.45) is 1.85. The van der Waals surface area contributed by atoms with Crippen LogP contribution in [-0.2, 0) is 17.6 Å². The highest BCUT2D eigenvalue weighted by molar-refractivity contribution is 5.93. The molecule has 2 rings (SSSR count). The number of quaternary nitrogens is 1. The molecule has 0 radical (unpaired) electrons. The van der Waals surface area contributed by atoms with E-state index < -0.39 is 0 Å². The Morgan fingerprint density at radius 1 is 1.04 bits per heavy atom. The molecule has 0 fully saturated rings. The number of nitrogens with one attached hydrogen (secondary N) is 2. The van der Waals surface area contributed by atoms with Crippen LogP contribution >= 0.6 is 0 Å². The van der Waals surface area contributed by atoms with Gasteiger partial charge in [0.2, 0.25) is 0 Å². The van der Waals surface area contributed by atoms with Crippen LogP contribution in [0.5, 0.6) is 11.5 Å². The number of hydrogen-bond acceptors (Lipinski definition) is 3. The SMILES string of the molecule is CCc1ccc(NC(=O)[C@@H](C)[NH+](C)CCc2ccc(OC)c(OC)c2)cc1. The predicted molar refractivity (Wildman–Crippen MR) is 109 cm³/mol. The second-order valence-electron chi connectivity index (χ2n) is 6.80. The fraction of sp³-hybridized carbons (Fsp3) is 0.409. The van der Waals surface area contributed by atoms with Crippen molar-refractivity contribution >= 4 is 11.6 Å². The maximum atomic E-state index is 12.5. The van der Waals surface area contributed by atoms with E-state index in [4.69, 9.17) is 9.47 Å². The summed E-state index contributed by atoms with van der Waals surface area (Å²) < 4.78 is 10.6. The lowest BCUT2D eigenvalue weighted by Gasteiger charge is -2.21. The first-order chi connectivity index (χ1) is 13.0. The number of aryl methyl sites for hydroxylation is 1. The quantitative estimate of drug-likeness (QED) is 0.711. The lowest BCUT2D eigenvalue weighted by atomic mass is 10.1. The standard InChI is InChI=1S/C22H30N2O3/c1-6-17-7-10-19(11-8-17)23-22(25)16(2)24(3)14-13-18-9-12-20(26-4)21(15-18)27-5/h7-12,15-16H,6,13-14H2,1-5H3,(H,23,25)/p+1/t16-/m1/s1. The molecule has 0 saturated heterocycles. The molecular weight excluding hydrogens is 340 g/mol. The Morgan fingerprint density at radius 3 is 2.26 bits per heavy atom. The number of carbonyl (C=O) groups excluding carboxylic acids is 1. The molecule has 1 unspecified atom stereocenters. The van der Waals surface area contributed by atoms with Crippen LogP contribution in [0, 0.1) is 0 Å². The molecule has 1 amide bonds. The van der Waals surface area contributed by atoms with Gasteiger partial charge < -0.3 is 19.7 Å². The third-order valence-corrected chi connectivity index (χ3v) is 5.02. The average Bonchev–Trinajstić information content (AvgIpc) is 2.71. The Balaban J connectivity index is 1.90. The van der Waals surface area contributed by atoms with E-state index in [-0.39, 0.29) is 11.9 Å². The zero-order valence-corrected chi connectivity index (χ0v) is 17.0. The zero-order chi connectivity index (χ0) is 19.8. The summed E-state index contributed by atoms with van der Waals surface area (Å²) in [5.74, 6) is 1.49. The van der Waals surface area contributed by atoms with E-state index in [2.05, 4.69) is 12.2 Å². The van der Waals surface area contributed by atoms with Gasteiger partial charge in [0.1, 0.15) is 0 Å². The number of anilines is 1. The first kappa shape index (κ1) is 20.8. The lowest BCUT2D eigenvalue weighted by molar-refractivity contribution is -0.893. The maximum Gasteiger partial charge on any atom is 0.282 e. The fourth-order valence-corrected chi connectivity index (χ4v) is 2.89. The number of ether oxygens (including phenoxy) is 2. The first-order valence-corrected chi connectivity index (χ1v) is 9.41. The molecule has 0 spiro atoms. The zero-order valence-electron chi connectivity index (χ0n) is 17.0. The molecule has 2 aromatic carbocycles. The van der Waals surface area contributed by atoms with Gasteiger partial charge in [-0.15, -0.1) is 0 Å². The van der Waals surface area contributed by atoms with Gasteiger partial charge in [0.05, 0.1) is 27.8 Å². The van der Waals surface area contributed by atoms with Gasteiger partial charge in [0.15, 0.2) is 17.5 Å². The topological polar surface area (TPSA) is 52.0 Å². The monoisotopic (exact) mass is 371 g/mol. The molecule has 0 saturated carbocycles. The lowest BCUT2D eigenvalue weighted by Crippen LogP contribution is -3.14. The highest BCUT2D eigenvalue weighted by Gasteiger charge is 2.21. The van der Waals surface area contributed by atoms with Gasteiger partial charge >= 0.3 is 0 Å². The highest BCUT2D eigenvalue weighted by Crippen LogP contribution is 2.27. The third-order valence-electron chi connectivity index (χ3n) is 5.02. The van der Waals surface area contributed by atoms with E-state index in [1.165, 1.54) is 5.56 Å². The van der Waals surface area contributed by atoms with Crippen LogP contribution < -0.4 is 19.7 Å². The van der Waals surface area contributed by atoms with E-state index in [0.29, 0.717) is 0 Å². The van der Waals surface area contributed by atoms with Crippen molar-refractivity contribution in [3.8, 4) is 11.5 Å². The number of hydrogen-bond donors (Lipinski definition) is 2. The average molecular weight is 372 g/mol. The van der Waals surface area contributed by atoms with Gasteiger partial charge in [-0.25, -0.2) is 0 Å². The Kier molecular flexibility index (Phi) is 7.67. The van der Waals surface area contributed by atoms with Crippen molar-refractivity contribution in [2.75, 3.05) is 33.1 Å².